The minimum atomic E-state index is 0.473. The van der Waals surface area contributed by atoms with Gasteiger partial charge in [-0.05, 0) is 18.1 Å². The summed E-state index contributed by atoms with van der Waals surface area (Å²) in [5, 5.41) is 3.29. The molecule has 0 aliphatic heterocycles. The number of nitrogens with zero attached hydrogens (tertiary/aromatic N) is 3. The monoisotopic (exact) mass is 302 g/mol. The molecule has 0 aromatic carbocycles. The molecule has 0 fully saturated rings. The molecule has 0 amide bonds. The fourth-order valence-electron chi connectivity index (χ4n) is 1.90. The first-order valence-corrected chi connectivity index (χ1v) is 7.44. The average molecular weight is 302 g/mol. The number of pyridine rings is 1. The van der Waals surface area contributed by atoms with Crippen molar-refractivity contribution in [1.29, 1.82) is 0 Å². The summed E-state index contributed by atoms with van der Waals surface area (Å²) in [5.41, 5.74) is 1.10. The van der Waals surface area contributed by atoms with E-state index in [4.69, 9.17) is 9.47 Å². The normalized spacial score (nSPS) is 10.5. The third kappa shape index (κ3) is 5.29. The molecule has 2 aromatic heterocycles. The van der Waals surface area contributed by atoms with Crippen LogP contribution in [0, 0.1) is 0 Å². The predicted molar refractivity (Wildman–Crippen MR) is 85.0 cm³/mol. The van der Waals surface area contributed by atoms with Gasteiger partial charge in [-0.25, -0.2) is 4.98 Å². The minimum Gasteiger partial charge on any atom is -0.475 e. The van der Waals surface area contributed by atoms with Crippen molar-refractivity contribution in [3.8, 4) is 5.88 Å². The van der Waals surface area contributed by atoms with Crippen LogP contribution in [-0.4, -0.2) is 35.3 Å². The maximum atomic E-state index is 5.60. The van der Waals surface area contributed by atoms with Crippen LogP contribution >= 0.6 is 0 Å². The Kier molecular flexibility index (Phi) is 6.57. The molecule has 0 saturated heterocycles. The Labute approximate surface area is 130 Å². The highest BCUT2D eigenvalue weighted by atomic mass is 16.5. The number of nitrogens with one attached hydrogen (secondary N) is 1. The molecule has 2 heterocycles. The molecule has 1 N–H and O–H groups in total. The number of ether oxygens (including phenoxy) is 2. The van der Waals surface area contributed by atoms with Gasteiger partial charge in [0.1, 0.15) is 18.2 Å². The maximum absolute atomic E-state index is 5.60. The van der Waals surface area contributed by atoms with Crippen LogP contribution < -0.4 is 10.1 Å². The first-order chi connectivity index (χ1) is 10.8. The van der Waals surface area contributed by atoms with Crippen LogP contribution in [-0.2, 0) is 17.7 Å². The van der Waals surface area contributed by atoms with Gasteiger partial charge in [0, 0.05) is 38.5 Å². The molecule has 118 valence electrons. The molecule has 0 aliphatic carbocycles. The zero-order valence-electron chi connectivity index (χ0n) is 13.1. The highest BCUT2D eigenvalue weighted by molar-refractivity contribution is 5.39. The fraction of sp³-hybridized carbons (Fsp3) is 0.438. The molecule has 0 radical (unpaired) electrons. The van der Waals surface area contributed by atoms with Crippen molar-refractivity contribution >= 4 is 5.82 Å². The Morgan fingerprint density at radius 3 is 2.86 bits per heavy atom. The summed E-state index contributed by atoms with van der Waals surface area (Å²) in [7, 11) is 1.65. The van der Waals surface area contributed by atoms with E-state index in [0.717, 1.165) is 30.0 Å². The summed E-state index contributed by atoms with van der Waals surface area (Å²) in [6, 6.07) is 5.74. The lowest BCUT2D eigenvalue weighted by atomic mass is 10.3. The first kappa shape index (κ1) is 16.2. The van der Waals surface area contributed by atoms with Gasteiger partial charge in [0.25, 0.3) is 0 Å². The van der Waals surface area contributed by atoms with Crippen LogP contribution in [0.1, 0.15) is 24.7 Å². The van der Waals surface area contributed by atoms with E-state index < -0.39 is 0 Å². The minimum absolute atomic E-state index is 0.473. The molecule has 6 heteroatoms. The molecule has 0 aliphatic rings. The second-order valence-electron chi connectivity index (χ2n) is 4.81. The summed E-state index contributed by atoms with van der Waals surface area (Å²) >= 11 is 0. The molecule has 0 atom stereocenters. The van der Waals surface area contributed by atoms with Crippen LogP contribution in [0.5, 0.6) is 5.88 Å². The molecule has 0 saturated carbocycles. The molecule has 2 aromatic rings. The Morgan fingerprint density at radius 1 is 1.23 bits per heavy atom. The van der Waals surface area contributed by atoms with Gasteiger partial charge in [-0.2, -0.15) is 4.98 Å². The average Bonchev–Trinajstić information content (AvgIpc) is 2.54. The molecule has 22 heavy (non-hydrogen) atoms. The lowest BCUT2D eigenvalue weighted by molar-refractivity contribution is 0.143. The van der Waals surface area contributed by atoms with Crippen LogP contribution in [0.2, 0.25) is 0 Å². The summed E-state index contributed by atoms with van der Waals surface area (Å²) < 4.78 is 10.6. The highest BCUT2D eigenvalue weighted by Crippen LogP contribution is 2.15. The van der Waals surface area contributed by atoms with Gasteiger partial charge in [0.2, 0.25) is 5.88 Å². The summed E-state index contributed by atoms with van der Waals surface area (Å²) in [5.74, 6) is 2.12. The van der Waals surface area contributed by atoms with Gasteiger partial charge in [-0.1, -0.05) is 13.0 Å². The van der Waals surface area contributed by atoms with Crippen molar-refractivity contribution in [3.05, 3.63) is 42.0 Å². The SMILES string of the molecule is CCCc1nc(NCc2cccnc2)cc(OCCOC)n1. The van der Waals surface area contributed by atoms with E-state index in [1.807, 2.05) is 24.4 Å². The molecule has 6 nitrogen and oxygen atoms in total. The molecule has 2 rings (SSSR count). The van der Waals surface area contributed by atoms with Gasteiger partial charge in [-0.15, -0.1) is 0 Å². The van der Waals surface area contributed by atoms with E-state index in [1.165, 1.54) is 0 Å². The van der Waals surface area contributed by atoms with Crippen LogP contribution in [0.15, 0.2) is 30.6 Å². The zero-order chi connectivity index (χ0) is 15.6. The molecular weight excluding hydrogens is 280 g/mol. The standard InChI is InChI=1S/C16H22N4O2/c1-3-5-14-19-15(10-16(20-14)22-9-8-21-2)18-12-13-6-4-7-17-11-13/h4,6-7,10-11H,3,5,8-9,12H2,1-2H3,(H,18,19,20). The van der Waals surface area contributed by atoms with Crippen molar-refractivity contribution in [2.45, 2.75) is 26.3 Å². The number of aromatic nitrogens is 3. The van der Waals surface area contributed by atoms with Crippen LogP contribution in [0.25, 0.3) is 0 Å². The number of hydrogen-bond acceptors (Lipinski definition) is 6. The van der Waals surface area contributed by atoms with E-state index in [1.54, 1.807) is 13.3 Å². The van der Waals surface area contributed by atoms with E-state index in [0.29, 0.717) is 25.6 Å². The summed E-state index contributed by atoms with van der Waals surface area (Å²) in [6.07, 6.45) is 5.40. The lowest BCUT2D eigenvalue weighted by Gasteiger charge is -2.10. The van der Waals surface area contributed by atoms with Crippen molar-refractivity contribution in [1.82, 2.24) is 15.0 Å². The van der Waals surface area contributed by atoms with Gasteiger partial charge in [-0.3, -0.25) is 4.98 Å². The van der Waals surface area contributed by atoms with E-state index in [9.17, 15) is 0 Å². The predicted octanol–water partition coefficient (Wildman–Crippen LogP) is 2.46. The second kappa shape index (κ2) is 8.94. The lowest BCUT2D eigenvalue weighted by Crippen LogP contribution is -2.09. The van der Waals surface area contributed by atoms with Gasteiger partial charge < -0.3 is 14.8 Å². The Balaban J connectivity index is 2.04. The van der Waals surface area contributed by atoms with Crippen molar-refractivity contribution < 1.29 is 9.47 Å². The number of aryl methyl sites for hydroxylation is 1. The second-order valence-corrected chi connectivity index (χ2v) is 4.81. The molecule has 0 unspecified atom stereocenters. The molecule has 0 bridgehead atoms. The summed E-state index contributed by atoms with van der Waals surface area (Å²) in [4.78, 5) is 13.0. The first-order valence-electron chi connectivity index (χ1n) is 7.44. The van der Waals surface area contributed by atoms with Crippen molar-refractivity contribution in [2.75, 3.05) is 25.6 Å². The van der Waals surface area contributed by atoms with E-state index in [-0.39, 0.29) is 0 Å². The Bertz CT molecular complexity index is 563. The van der Waals surface area contributed by atoms with Crippen LogP contribution in [0.4, 0.5) is 5.82 Å². The summed E-state index contributed by atoms with van der Waals surface area (Å²) in [6.45, 7) is 3.77. The van der Waals surface area contributed by atoms with Gasteiger partial charge >= 0.3 is 0 Å². The zero-order valence-corrected chi connectivity index (χ0v) is 13.1. The number of hydrogen-bond donors (Lipinski definition) is 1. The fourth-order valence-corrected chi connectivity index (χ4v) is 1.90. The largest absolute Gasteiger partial charge is 0.475 e. The smallest absolute Gasteiger partial charge is 0.218 e. The number of anilines is 1. The molecular formula is C16H22N4O2. The van der Waals surface area contributed by atoms with Crippen LogP contribution in [0.3, 0.4) is 0 Å². The van der Waals surface area contributed by atoms with Crippen molar-refractivity contribution in [3.63, 3.8) is 0 Å². The van der Waals surface area contributed by atoms with E-state index in [2.05, 4.69) is 27.2 Å². The molecule has 0 spiro atoms. The third-order valence-electron chi connectivity index (χ3n) is 2.96. The third-order valence-corrected chi connectivity index (χ3v) is 2.96. The highest BCUT2D eigenvalue weighted by Gasteiger charge is 2.05. The van der Waals surface area contributed by atoms with E-state index >= 15 is 0 Å². The van der Waals surface area contributed by atoms with Crippen molar-refractivity contribution in [2.24, 2.45) is 0 Å². The van der Waals surface area contributed by atoms with Gasteiger partial charge in [0.05, 0.1) is 6.61 Å². The quantitative estimate of drug-likeness (QED) is 0.718. The number of rotatable bonds is 9. The Morgan fingerprint density at radius 2 is 2.14 bits per heavy atom. The number of methoxy groups -OCH3 is 1. The van der Waals surface area contributed by atoms with Gasteiger partial charge in [0.15, 0.2) is 0 Å². The Hall–Kier alpha value is -2.21. The maximum Gasteiger partial charge on any atom is 0.218 e. The topological polar surface area (TPSA) is 69.2 Å².